The number of hydrogen-bond donors (Lipinski definition) is 2. The Morgan fingerprint density at radius 1 is 0.958 bits per heavy atom. The van der Waals surface area contributed by atoms with E-state index in [0.29, 0.717) is 10.0 Å². The maximum atomic E-state index is 12.4. The molecule has 0 bridgehead atoms. The quantitative estimate of drug-likeness (QED) is 0.680. The highest BCUT2D eigenvalue weighted by molar-refractivity contribution is 9.10. The van der Waals surface area contributed by atoms with E-state index in [2.05, 4.69) is 20.7 Å². The van der Waals surface area contributed by atoms with Gasteiger partial charge in [-0.15, -0.1) is 0 Å². The predicted octanol–water partition coefficient (Wildman–Crippen LogP) is 3.61. The molecule has 4 nitrogen and oxygen atoms in total. The first-order valence-corrected chi connectivity index (χ1v) is 9.66. The number of sulfonamides is 1. The van der Waals surface area contributed by atoms with Crippen molar-refractivity contribution in [2.75, 3.05) is 6.54 Å². The van der Waals surface area contributed by atoms with Crippen molar-refractivity contribution in [3.05, 3.63) is 76.8 Å². The smallest absolute Gasteiger partial charge is 0.241 e. The van der Waals surface area contributed by atoms with E-state index in [1.165, 1.54) is 6.07 Å². The van der Waals surface area contributed by atoms with Crippen molar-refractivity contribution in [1.82, 2.24) is 4.72 Å². The molecule has 0 aliphatic heterocycles. The molecular weight excluding hydrogens is 390 g/mol. The van der Waals surface area contributed by atoms with Gasteiger partial charge in [-0.2, -0.15) is 0 Å². The number of aliphatic hydroxyl groups excluding tert-OH is 1. The van der Waals surface area contributed by atoms with Gasteiger partial charge in [-0.05, 0) is 44.4 Å². The molecule has 0 amide bonds. The number of benzene rings is 3. The van der Waals surface area contributed by atoms with E-state index >= 15 is 0 Å². The van der Waals surface area contributed by atoms with Crippen molar-refractivity contribution in [2.24, 2.45) is 0 Å². The fraction of sp³-hybridized carbons (Fsp3) is 0.111. The van der Waals surface area contributed by atoms with Crippen LogP contribution in [0.1, 0.15) is 11.7 Å². The third-order valence-corrected chi connectivity index (χ3v) is 6.21. The molecular formula is C18H16BrNO3S. The topological polar surface area (TPSA) is 66.4 Å². The standard InChI is InChI=1S/C18H16BrNO3S/c19-16-10-3-4-11-18(16)24(22,23)20-12-17(21)15-9-5-7-13-6-1-2-8-14(13)15/h1-11,17,20-21H,12H2. The number of halogens is 1. The summed E-state index contributed by atoms with van der Waals surface area (Å²) in [7, 11) is -3.70. The van der Waals surface area contributed by atoms with Gasteiger partial charge in [0.25, 0.3) is 0 Å². The molecule has 3 rings (SSSR count). The lowest BCUT2D eigenvalue weighted by Gasteiger charge is -2.15. The lowest BCUT2D eigenvalue weighted by molar-refractivity contribution is 0.183. The van der Waals surface area contributed by atoms with Gasteiger partial charge in [0.1, 0.15) is 0 Å². The van der Waals surface area contributed by atoms with E-state index in [1.807, 2.05) is 36.4 Å². The van der Waals surface area contributed by atoms with Crippen molar-refractivity contribution in [1.29, 1.82) is 0 Å². The maximum absolute atomic E-state index is 12.4. The summed E-state index contributed by atoms with van der Waals surface area (Å²) in [6.07, 6.45) is -0.937. The second kappa shape index (κ2) is 7.03. The first-order valence-electron chi connectivity index (χ1n) is 7.39. The first kappa shape index (κ1) is 17.1. The molecule has 0 spiro atoms. The second-order valence-corrected chi connectivity index (χ2v) is 7.96. The highest BCUT2D eigenvalue weighted by atomic mass is 79.9. The fourth-order valence-corrected chi connectivity index (χ4v) is 4.62. The Labute approximate surface area is 149 Å². The molecule has 1 unspecified atom stereocenters. The predicted molar refractivity (Wildman–Crippen MR) is 98.2 cm³/mol. The van der Waals surface area contributed by atoms with Crippen LogP contribution in [0.15, 0.2) is 76.1 Å². The minimum Gasteiger partial charge on any atom is -0.387 e. The van der Waals surface area contributed by atoms with Crippen LogP contribution in [-0.2, 0) is 10.0 Å². The summed E-state index contributed by atoms with van der Waals surface area (Å²) in [5, 5.41) is 12.4. The summed E-state index contributed by atoms with van der Waals surface area (Å²) in [6.45, 7) is -0.0995. The van der Waals surface area contributed by atoms with Gasteiger partial charge in [-0.25, -0.2) is 13.1 Å². The van der Waals surface area contributed by atoms with E-state index in [9.17, 15) is 13.5 Å². The molecule has 0 aromatic heterocycles. The Hall–Kier alpha value is -1.73. The number of hydrogen-bond acceptors (Lipinski definition) is 3. The molecule has 0 aliphatic carbocycles. The summed E-state index contributed by atoms with van der Waals surface area (Å²) in [5.74, 6) is 0. The molecule has 0 heterocycles. The molecule has 124 valence electrons. The van der Waals surface area contributed by atoms with Crippen LogP contribution in [0.5, 0.6) is 0 Å². The van der Waals surface area contributed by atoms with Crippen LogP contribution in [0.25, 0.3) is 10.8 Å². The van der Waals surface area contributed by atoms with Crippen LogP contribution >= 0.6 is 15.9 Å². The van der Waals surface area contributed by atoms with E-state index in [-0.39, 0.29) is 11.4 Å². The van der Waals surface area contributed by atoms with Crippen LogP contribution in [0.4, 0.5) is 0 Å². The summed E-state index contributed by atoms with van der Waals surface area (Å²) < 4.78 is 27.8. The third kappa shape index (κ3) is 3.52. The molecule has 2 N–H and O–H groups in total. The Kier molecular flexibility index (Phi) is 5.01. The van der Waals surface area contributed by atoms with Crippen LogP contribution in [0.3, 0.4) is 0 Å². The lowest BCUT2D eigenvalue weighted by atomic mass is 10.0. The van der Waals surface area contributed by atoms with Crippen LogP contribution in [0, 0.1) is 0 Å². The normalized spacial score (nSPS) is 13.1. The van der Waals surface area contributed by atoms with Crippen molar-refractivity contribution < 1.29 is 13.5 Å². The molecule has 6 heteroatoms. The second-order valence-electron chi connectivity index (χ2n) is 5.37. The Bertz CT molecular complexity index is 967. The molecule has 0 fully saturated rings. The van der Waals surface area contributed by atoms with Gasteiger partial charge in [0.2, 0.25) is 10.0 Å². The van der Waals surface area contributed by atoms with Gasteiger partial charge in [0.15, 0.2) is 0 Å². The van der Waals surface area contributed by atoms with E-state index in [0.717, 1.165) is 10.8 Å². The van der Waals surface area contributed by atoms with Gasteiger partial charge < -0.3 is 5.11 Å². The summed E-state index contributed by atoms with van der Waals surface area (Å²) in [6, 6.07) is 19.9. The Morgan fingerprint density at radius 2 is 1.62 bits per heavy atom. The number of aliphatic hydroxyl groups is 1. The van der Waals surface area contributed by atoms with Crippen LogP contribution in [-0.4, -0.2) is 20.1 Å². The van der Waals surface area contributed by atoms with E-state index in [1.54, 1.807) is 24.3 Å². The SMILES string of the molecule is O=S(=O)(NCC(O)c1cccc2ccccc12)c1ccccc1Br. The van der Waals surface area contributed by atoms with Gasteiger partial charge in [0, 0.05) is 11.0 Å². The van der Waals surface area contributed by atoms with E-state index in [4.69, 9.17) is 0 Å². The zero-order valence-corrected chi connectivity index (χ0v) is 15.1. The van der Waals surface area contributed by atoms with Crippen molar-refractivity contribution >= 4 is 36.7 Å². The van der Waals surface area contributed by atoms with E-state index < -0.39 is 16.1 Å². The highest BCUT2D eigenvalue weighted by Crippen LogP contribution is 2.25. The Morgan fingerprint density at radius 3 is 2.42 bits per heavy atom. The monoisotopic (exact) mass is 405 g/mol. The highest BCUT2D eigenvalue weighted by Gasteiger charge is 2.19. The fourth-order valence-electron chi connectivity index (χ4n) is 2.58. The first-order chi connectivity index (χ1) is 11.5. The van der Waals surface area contributed by atoms with Crippen molar-refractivity contribution in [3.8, 4) is 0 Å². The van der Waals surface area contributed by atoms with Gasteiger partial charge in [0.05, 0.1) is 11.0 Å². The summed E-state index contributed by atoms with van der Waals surface area (Å²) in [4.78, 5) is 0.148. The Balaban J connectivity index is 1.83. The average Bonchev–Trinajstić information content (AvgIpc) is 2.59. The lowest BCUT2D eigenvalue weighted by Crippen LogP contribution is -2.28. The summed E-state index contributed by atoms with van der Waals surface area (Å²) >= 11 is 3.23. The van der Waals surface area contributed by atoms with Gasteiger partial charge in [-0.1, -0.05) is 54.6 Å². The number of fused-ring (bicyclic) bond motifs is 1. The maximum Gasteiger partial charge on any atom is 0.241 e. The van der Waals surface area contributed by atoms with Crippen molar-refractivity contribution in [2.45, 2.75) is 11.0 Å². The zero-order valence-electron chi connectivity index (χ0n) is 12.7. The average molecular weight is 406 g/mol. The van der Waals surface area contributed by atoms with Gasteiger partial charge >= 0.3 is 0 Å². The number of nitrogens with one attached hydrogen (secondary N) is 1. The third-order valence-electron chi connectivity index (χ3n) is 3.78. The van der Waals surface area contributed by atoms with Crippen LogP contribution in [0.2, 0.25) is 0 Å². The molecule has 3 aromatic rings. The minimum absolute atomic E-state index is 0.0995. The number of rotatable bonds is 5. The molecule has 0 saturated carbocycles. The zero-order chi connectivity index (χ0) is 17.2. The van der Waals surface area contributed by atoms with Crippen LogP contribution < -0.4 is 4.72 Å². The summed E-state index contributed by atoms with van der Waals surface area (Å²) in [5.41, 5.74) is 0.697. The molecule has 0 saturated heterocycles. The molecule has 0 aliphatic rings. The van der Waals surface area contributed by atoms with Gasteiger partial charge in [-0.3, -0.25) is 0 Å². The molecule has 1 atom stereocenters. The minimum atomic E-state index is -3.70. The molecule has 3 aromatic carbocycles. The largest absolute Gasteiger partial charge is 0.387 e. The molecule has 24 heavy (non-hydrogen) atoms. The van der Waals surface area contributed by atoms with Crippen molar-refractivity contribution in [3.63, 3.8) is 0 Å². The molecule has 0 radical (unpaired) electrons.